The zero-order valence-corrected chi connectivity index (χ0v) is 7.00. The number of phenolic OH excluding ortho intramolecular Hbond substituents is 1. The van der Waals surface area contributed by atoms with E-state index in [0.717, 1.165) is 10.0 Å². The molecule has 1 aromatic rings. The first-order valence-corrected chi connectivity index (χ1v) is 3.63. The van der Waals surface area contributed by atoms with Crippen molar-refractivity contribution in [1.82, 2.24) is 0 Å². The van der Waals surface area contributed by atoms with Crippen molar-refractivity contribution >= 4 is 20.5 Å². The Kier molecular flexibility index (Phi) is 1.79. The van der Waals surface area contributed by atoms with Gasteiger partial charge < -0.3 is 0 Å². The van der Waals surface area contributed by atoms with Crippen LogP contribution >= 0.6 is 0 Å². The molecule has 1 rings (SSSR count). The summed E-state index contributed by atoms with van der Waals surface area (Å²) in [7, 11) is 0. The number of hydrogen-bond donors (Lipinski definition) is 1. The van der Waals surface area contributed by atoms with Crippen LogP contribution in [0.1, 0.15) is 5.56 Å². The van der Waals surface area contributed by atoms with Crippen molar-refractivity contribution in [2.75, 3.05) is 0 Å². The molecule has 0 atom stereocenters. The van der Waals surface area contributed by atoms with Gasteiger partial charge in [-0.3, -0.25) is 0 Å². The van der Waals surface area contributed by atoms with Crippen LogP contribution < -0.4 is 4.46 Å². The fraction of sp³-hybridized carbons (Fsp3) is 0.143. The van der Waals surface area contributed by atoms with Gasteiger partial charge in [-0.25, -0.2) is 0 Å². The van der Waals surface area contributed by atoms with E-state index in [0.29, 0.717) is 5.75 Å². The Bertz CT molecular complexity index is 200. The minimum atomic E-state index is 0.356. The summed E-state index contributed by atoms with van der Waals surface area (Å²) in [6.07, 6.45) is 0. The van der Waals surface area contributed by atoms with Crippen molar-refractivity contribution in [3.05, 3.63) is 23.8 Å². The van der Waals surface area contributed by atoms with Gasteiger partial charge in [-0.2, -0.15) is 0 Å². The normalized spacial score (nSPS) is 9.56. The molecule has 0 radical (unpaired) electrons. The van der Waals surface area contributed by atoms with Gasteiger partial charge in [0, 0.05) is 0 Å². The van der Waals surface area contributed by atoms with Crippen LogP contribution in [-0.2, 0) is 0 Å². The predicted octanol–water partition coefficient (Wildman–Crippen LogP) is 0.227. The average Bonchev–Trinajstić information content (AvgIpc) is 1.83. The molecule has 0 fully saturated rings. The van der Waals surface area contributed by atoms with Gasteiger partial charge in [0.2, 0.25) is 0 Å². The van der Waals surface area contributed by atoms with E-state index in [1.807, 2.05) is 19.1 Å². The van der Waals surface area contributed by atoms with E-state index in [1.165, 1.54) is 0 Å². The molecule has 0 aliphatic rings. The van der Waals surface area contributed by atoms with E-state index in [4.69, 9.17) is 5.11 Å². The summed E-state index contributed by atoms with van der Waals surface area (Å²) in [6, 6.07) is 5.48. The number of rotatable bonds is 0. The van der Waals surface area contributed by atoms with Crippen molar-refractivity contribution in [3.63, 3.8) is 0 Å². The predicted molar refractivity (Wildman–Crippen MR) is 39.6 cm³/mol. The second-order valence-electron chi connectivity index (χ2n) is 1.94. The number of benzene rings is 1. The molecule has 0 unspecified atom stereocenters. The van der Waals surface area contributed by atoms with Gasteiger partial charge in [-0.05, 0) is 0 Å². The topological polar surface area (TPSA) is 20.2 Å². The summed E-state index contributed by atoms with van der Waals surface area (Å²) >= 11 is 2.35. The molecule has 0 amide bonds. The molecule has 0 bridgehead atoms. The molecule has 1 aromatic carbocycles. The third-order valence-electron chi connectivity index (χ3n) is 1.22. The van der Waals surface area contributed by atoms with Gasteiger partial charge in [0.1, 0.15) is 0 Å². The molecule has 48 valence electrons. The number of aromatic hydroxyl groups is 1. The van der Waals surface area contributed by atoms with Crippen molar-refractivity contribution in [2.45, 2.75) is 6.92 Å². The molecular weight excluding hydrogens is 179 g/mol. The maximum atomic E-state index is 9.08. The molecule has 0 heterocycles. The molecule has 0 aliphatic heterocycles. The number of aryl methyl sites for hydroxylation is 1. The van der Waals surface area contributed by atoms with Gasteiger partial charge in [0.05, 0.1) is 0 Å². The van der Waals surface area contributed by atoms with Gasteiger partial charge >= 0.3 is 62.0 Å². The first kappa shape index (κ1) is 6.66. The monoisotopic (exact) mass is 188 g/mol. The summed E-state index contributed by atoms with van der Waals surface area (Å²) in [5.41, 5.74) is 1.11. The van der Waals surface area contributed by atoms with Gasteiger partial charge in [-0.1, -0.05) is 0 Å². The second-order valence-corrected chi connectivity index (χ2v) is 2.88. The van der Waals surface area contributed by atoms with Crippen LogP contribution in [0.2, 0.25) is 0 Å². The zero-order valence-electron chi connectivity index (χ0n) is 5.13. The Morgan fingerprint density at radius 2 is 2.11 bits per heavy atom. The van der Waals surface area contributed by atoms with Crippen LogP contribution in [0, 0.1) is 6.92 Å². The number of hydrogen-bond acceptors (Lipinski definition) is 1. The molecule has 1 nitrogen and oxygen atoms in total. The van der Waals surface area contributed by atoms with Crippen LogP contribution in [0.3, 0.4) is 0 Å². The third kappa shape index (κ3) is 1.26. The van der Waals surface area contributed by atoms with Crippen LogP contribution in [0.15, 0.2) is 18.2 Å². The molecule has 0 aliphatic carbocycles. The van der Waals surface area contributed by atoms with Crippen LogP contribution in [0.5, 0.6) is 5.75 Å². The molecular formula is C7H8OSe. The van der Waals surface area contributed by atoms with Crippen LogP contribution in [0.4, 0.5) is 0 Å². The standard InChI is InChI=1S/C7H8OSe/c1-5-3-2-4-6(8)7(5)9/h2-4,8-9H,1H3. The van der Waals surface area contributed by atoms with Crippen molar-refractivity contribution < 1.29 is 5.11 Å². The van der Waals surface area contributed by atoms with E-state index in [2.05, 4.69) is 16.0 Å². The Hall–Kier alpha value is -0.461. The maximum absolute atomic E-state index is 9.08. The Morgan fingerprint density at radius 1 is 1.44 bits per heavy atom. The first-order valence-electron chi connectivity index (χ1n) is 2.69. The van der Waals surface area contributed by atoms with Crippen molar-refractivity contribution in [3.8, 4) is 5.75 Å². The summed E-state index contributed by atoms with van der Waals surface area (Å²) in [5.74, 6) is 0.356. The molecule has 0 saturated heterocycles. The van der Waals surface area contributed by atoms with Crippen LogP contribution in [-0.4, -0.2) is 21.1 Å². The molecule has 0 aromatic heterocycles. The molecule has 1 N–H and O–H groups in total. The molecule has 0 spiro atoms. The van der Waals surface area contributed by atoms with E-state index < -0.39 is 0 Å². The fourth-order valence-electron chi connectivity index (χ4n) is 0.643. The van der Waals surface area contributed by atoms with Gasteiger partial charge in [0.15, 0.2) is 0 Å². The molecule has 0 saturated carbocycles. The SMILES string of the molecule is Cc1cccc(O)c1[SeH]. The Morgan fingerprint density at radius 3 is 2.56 bits per heavy atom. The average molecular weight is 187 g/mol. The Balaban J connectivity index is 3.25. The second kappa shape index (κ2) is 2.42. The fourth-order valence-corrected chi connectivity index (χ4v) is 0.956. The summed E-state index contributed by atoms with van der Waals surface area (Å²) in [4.78, 5) is 0. The molecule has 9 heavy (non-hydrogen) atoms. The van der Waals surface area contributed by atoms with E-state index in [9.17, 15) is 0 Å². The van der Waals surface area contributed by atoms with Gasteiger partial charge in [-0.15, -0.1) is 0 Å². The molecule has 2 heteroatoms. The van der Waals surface area contributed by atoms with Crippen molar-refractivity contribution in [2.24, 2.45) is 0 Å². The van der Waals surface area contributed by atoms with Crippen molar-refractivity contribution in [1.29, 1.82) is 0 Å². The third-order valence-corrected chi connectivity index (χ3v) is 2.44. The summed E-state index contributed by atoms with van der Waals surface area (Å²) < 4.78 is 0.907. The first-order chi connectivity index (χ1) is 4.22. The summed E-state index contributed by atoms with van der Waals surface area (Å²) in [6.45, 7) is 1.97. The number of phenols is 1. The van der Waals surface area contributed by atoms with Gasteiger partial charge in [0.25, 0.3) is 0 Å². The minimum absolute atomic E-state index is 0.356. The summed E-state index contributed by atoms with van der Waals surface area (Å²) in [5, 5.41) is 9.08. The Labute approximate surface area is 62.5 Å². The van der Waals surface area contributed by atoms with E-state index in [-0.39, 0.29) is 0 Å². The van der Waals surface area contributed by atoms with E-state index >= 15 is 0 Å². The quantitative estimate of drug-likeness (QED) is 0.576. The zero-order chi connectivity index (χ0) is 6.85. The van der Waals surface area contributed by atoms with Crippen LogP contribution in [0.25, 0.3) is 0 Å². The van der Waals surface area contributed by atoms with E-state index in [1.54, 1.807) is 6.07 Å².